The minimum absolute atomic E-state index is 0.0101. The molecule has 132 valence electrons. The molecule has 2 amide bonds. The number of amides is 2. The van der Waals surface area contributed by atoms with Crippen LogP contribution in [0.5, 0.6) is 0 Å². The average molecular weight is 338 g/mol. The van der Waals surface area contributed by atoms with Gasteiger partial charge in [0.25, 0.3) is 0 Å². The molecule has 0 radical (unpaired) electrons. The first kappa shape index (κ1) is 18.7. The van der Waals surface area contributed by atoms with Crippen molar-refractivity contribution in [3.8, 4) is 0 Å². The maximum absolute atomic E-state index is 12.7. The second kappa shape index (κ2) is 9.62. The van der Waals surface area contributed by atoms with E-state index in [4.69, 9.17) is 0 Å². The summed E-state index contributed by atoms with van der Waals surface area (Å²) in [6.45, 7) is 2.32. The summed E-state index contributed by atoms with van der Waals surface area (Å²) in [5, 5.41) is 2.64. The summed E-state index contributed by atoms with van der Waals surface area (Å²) in [5.41, 5.74) is 2.29. The van der Waals surface area contributed by atoms with Gasteiger partial charge in [0.15, 0.2) is 0 Å². The van der Waals surface area contributed by atoms with Gasteiger partial charge in [-0.2, -0.15) is 0 Å². The fourth-order valence-corrected chi connectivity index (χ4v) is 2.82. The van der Waals surface area contributed by atoms with Crippen molar-refractivity contribution < 1.29 is 9.59 Å². The molecule has 0 saturated heterocycles. The van der Waals surface area contributed by atoms with Gasteiger partial charge in [0.2, 0.25) is 11.8 Å². The fraction of sp³-hybridized carbons (Fsp3) is 0.333. The Hall–Kier alpha value is -2.62. The highest BCUT2D eigenvalue weighted by Gasteiger charge is 2.24. The quantitative estimate of drug-likeness (QED) is 0.805. The Balaban J connectivity index is 2.01. The third-order valence-electron chi connectivity index (χ3n) is 4.37. The van der Waals surface area contributed by atoms with E-state index in [0.717, 1.165) is 17.5 Å². The van der Waals surface area contributed by atoms with Crippen molar-refractivity contribution in [1.29, 1.82) is 0 Å². The Morgan fingerprint density at radius 1 is 0.920 bits per heavy atom. The Morgan fingerprint density at radius 3 is 1.96 bits per heavy atom. The van der Waals surface area contributed by atoms with Crippen LogP contribution in [0.2, 0.25) is 0 Å². The molecule has 0 fully saturated rings. The van der Waals surface area contributed by atoms with Gasteiger partial charge in [0.1, 0.15) is 6.04 Å². The highest BCUT2D eigenvalue weighted by atomic mass is 16.2. The molecule has 0 saturated carbocycles. The van der Waals surface area contributed by atoms with Gasteiger partial charge in [-0.05, 0) is 30.9 Å². The molecule has 0 heterocycles. The van der Waals surface area contributed by atoms with Crippen LogP contribution in [0.1, 0.15) is 24.5 Å². The van der Waals surface area contributed by atoms with Crippen molar-refractivity contribution in [2.45, 2.75) is 32.2 Å². The van der Waals surface area contributed by atoms with E-state index < -0.39 is 6.04 Å². The van der Waals surface area contributed by atoms with E-state index in [1.165, 1.54) is 0 Å². The number of nitrogens with one attached hydrogen (secondary N) is 1. The van der Waals surface area contributed by atoms with Gasteiger partial charge in [0, 0.05) is 20.0 Å². The van der Waals surface area contributed by atoms with Crippen molar-refractivity contribution in [1.82, 2.24) is 10.2 Å². The van der Waals surface area contributed by atoms with E-state index in [0.29, 0.717) is 19.4 Å². The van der Waals surface area contributed by atoms with E-state index in [1.54, 1.807) is 18.9 Å². The smallest absolute Gasteiger partial charge is 0.242 e. The SMILES string of the molecule is CNC(=O)[C@H](C)N(CCc1ccccc1)C(=O)CCc1ccccc1. The number of nitrogens with zero attached hydrogens (tertiary/aromatic N) is 1. The fourth-order valence-electron chi connectivity index (χ4n) is 2.82. The molecule has 0 spiro atoms. The van der Waals surface area contributed by atoms with E-state index in [1.807, 2.05) is 60.7 Å². The normalized spacial score (nSPS) is 11.6. The highest BCUT2D eigenvalue weighted by molar-refractivity contribution is 5.87. The zero-order chi connectivity index (χ0) is 18.1. The molecule has 0 unspecified atom stereocenters. The first-order valence-corrected chi connectivity index (χ1v) is 8.70. The first-order valence-electron chi connectivity index (χ1n) is 8.70. The van der Waals surface area contributed by atoms with Crippen LogP contribution in [-0.2, 0) is 22.4 Å². The molecule has 0 aliphatic heterocycles. The number of carbonyl (C=O) groups excluding carboxylic acids is 2. The summed E-state index contributed by atoms with van der Waals surface area (Å²) in [4.78, 5) is 26.5. The van der Waals surface area contributed by atoms with Crippen LogP contribution in [0.25, 0.3) is 0 Å². The molecule has 0 bridgehead atoms. The van der Waals surface area contributed by atoms with E-state index in [2.05, 4.69) is 5.32 Å². The van der Waals surface area contributed by atoms with Crippen LogP contribution in [-0.4, -0.2) is 36.3 Å². The minimum Gasteiger partial charge on any atom is -0.357 e. The lowest BCUT2D eigenvalue weighted by Gasteiger charge is -2.28. The summed E-state index contributed by atoms with van der Waals surface area (Å²) in [5.74, 6) is -0.128. The van der Waals surface area contributed by atoms with Crippen molar-refractivity contribution in [3.05, 3.63) is 71.8 Å². The Kier molecular flexibility index (Phi) is 7.20. The van der Waals surface area contributed by atoms with E-state index >= 15 is 0 Å². The van der Waals surface area contributed by atoms with Crippen LogP contribution in [0.4, 0.5) is 0 Å². The van der Waals surface area contributed by atoms with Crippen LogP contribution in [0.3, 0.4) is 0 Å². The maximum atomic E-state index is 12.7. The Morgan fingerprint density at radius 2 is 1.44 bits per heavy atom. The molecular weight excluding hydrogens is 312 g/mol. The minimum atomic E-state index is -0.475. The lowest BCUT2D eigenvalue weighted by atomic mass is 10.1. The van der Waals surface area contributed by atoms with Crippen molar-refractivity contribution in [2.24, 2.45) is 0 Å². The standard InChI is InChI=1S/C21H26N2O2/c1-17(21(25)22-2)23(16-15-19-11-7-4-8-12-19)20(24)14-13-18-9-5-3-6-10-18/h3-12,17H,13-16H2,1-2H3,(H,22,25)/t17-/m0/s1. The molecule has 1 N–H and O–H groups in total. The van der Waals surface area contributed by atoms with Gasteiger partial charge in [0.05, 0.1) is 0 Å². The molecule has 25 heavy (non-hydrogen) atoms. The summed E-state index contributed by atoms with van der Waals surface area (Å²) >= 11 is 0. The van der Waals surface area contributed by atoms with Gasteiger partial charge in [-0.25, -0.2) is 0 Å². The van der Waals surface area contributed by atoms with Gasteiger partial charge >= 0.3 is 0 Å². The van der Waals surface area contributed by atoms with Gasteiger partial charge in [-0.15, -0.1) is 0 Å². The largest absolute Gasteiger partial charge is 0.357 e. The molecule has 4 heteroatoms. The molecule has 0 aromatic heterocycles. The summed E-state index contributed by atoms with van der Waals surface area (Å²) in [7, 11) is 1.60. The van der Waals surface area contributed by atoms with E-state index in [-0.39, 0.29) is 11.8 Å². The molecule has 0 aliphatic rings. The van der Waals surface area contributed by atoms with Gasteiger partial charge < -0.3 is 10.2 Å². The van der Waals surface area contributed by atoms with Crippen LogP contribution in [0.15, 0.2) is 60.7 Å². The Labute approximate surface area is 149 Å². The topological polar surface area (TPSA) is 49.4 Å². The highest BCUT2D eigenvalue weighted by Crippen LogP contribution is 2.10. The maximum Gasteiger partial charge on any atom is 0.242 e. The number of carbonyl (C=O) groups is 2. The average Bonchev–Trinajstić information content (AvgIpc) is 2.67. The lowest BCUT2D eigenvalue weighted by Crippen LogP contribution is -2.48. The van der Waals surface area contributed by atoms with Gasteiger partial charge in [-0.3, -0.25) is 9.59 Å². The molecule has 2 aromatic rings. The zero-order valence-electron chi connectivity index (χ0n) is 14.9. The van der Waals surface area contributed by atoms with Crippen LogP contribution in [0, 0.1) is 0 Å². The zero-order valence-corrected chi connectivity index (χ0v) is 14.9. The van der Waals surface area contributed by atoms with Crippen molar-refractivity contribution in [2.75, 3.05) is 13.6 Å². The lowest BCUT2D eigenvalue weighted by molar-refractivity contribution is -0.139. The first-order chi connectivity index (χ1) is 12.1. The van der Waals surface area contributed by atoms with Crippen LogP contribution >= 0.6 is 0 Å². The number of aryl methyl sites for hydroxylation is 1. The molecule has 1 atom stereocenters. The van der Waals surface area contributed by atoms with E-state index in [9.17, 15) is 9.59 Å². The molecule has 0 aliphatic carbocycles. The monoisotopic (exact) mass is 338 g/mol. The second-order valence-electron chi connectivity index (χ2n) is 6.10. The number of benzene rings is 2. The van der Waals surface area contributed by atoms with Crippen LogP contribution < -0.4 is 5.32 Å². The summed E-state index contributed by atoms with van der Waals surface area (Å²) in [6.07, 6.45) is 1.82. The second-order valence-corrected chi connectivity index (χ2v) is 6.10. The third-order valence-corrected chi connectivity index (χ3v) is 4.37. The summed E-state index contributed by atoms with van der Waals surface area (Å²) in [6, 6.07) is 19.5. The van der Waals surface area contributed by atoms with Crippen molar-refractivity contribution >= 4 is 11.8 Å². The van der Waals surface area contributed by atoms with Crippen molar-refractivity contribution in [3.63, 3.8) is 0 Å². The number of hydrogen-bond acceptors (Lipinski definition) is 2. The summed E-state index contributed by atoms with van der Waals surface area (Å²) < 4.78 is 0. The number of hydrogen-bond donors (Lipinski definition) is 1. The predicted octanol–water partition coefficient (Wildman–Crippen LogP) is 2.83. The number of likely N-dealkylation sites (N-methyl/N-ethyl adjacent to an activating group) is 1. The predicted molar refractivity (Wildman–Crippen MR) is 100 cm³/mol. The molecule has 2 rings (SSSR count). The molecular formula is C21H26N2O2. The van der Waals surface area contributed by atoms with Gasteiger partial charge in [-0.1, -0.05) is 60.7 Å². The molecule has 2 aromatic carbocycles. The Bertz CT molecular complexity index is 671. The molecule has 4 nitrogen and oxygen atoms in total. The number of rotatable bonds is 8. The third kappa shape index (κ3) is 5.75.